The molecule has 3 heterocycles. The molecule has 1 amide bonds. The van der Waals surface area contributed by atoms with Crippen molar-refractivity contribution >= 4 is 28.4 Å². The molecule has 3 aromatic heterocycles. The molecular weight excluding hydrogens is 324 g/mol. The zero-order chi connectivity index (χ0) is 17.1. The molecule has 0 aliphatic rings. The third-order valence-electron chi connectivity index (χ3n) is 3.31. The summed E-state index contributed by atoms with van der Waals surface area (Å²) in [5.74, 6) is 1.17. The van der Waals surface area contributed by atoms with Crippen LogP contribution in [-0.2, 0) is 0 Å². The Bertz CT molecular complexity index is 859. The average molecular weight is 340 g/mol. The number of hydrogen-bond donors (Lipinski definition) is 1. The van der Waals surface area contributed by atoms with Crippen molar-refractivity contribution in [1.82, 2.24) is 24.2 Å². The number of aryl methyl sites for hydroxylation is 1. The number of rotatable bonds is 4. The van der Waals surface area contributed by atoms with Gasteiger partial charge < -0.3 is 10.2 Å². The normalized spacial score (nSPS) is 10.5. The van der Waals surface area contributed by atoms with Crippen molar-refractivity contribution in [2.75, 3.05) is 19.4 Å². The molecule has 0 aliphatic carbocycles. The third kappa shape index (κ3) is 3.38. The summed E-state index contributed by atoms with van der Waals surface area (Å²) in [6.07, 6.45) is 3.26. The van der Waals surface area contributed by atoms with E-state index in [1.165, 1.54) is 22.6 Å². The molecule has 1 N–H and O–H groups in total. The lowest BCUT2D eigenvalue weighted by atomic mass is 10.2. The van der Waals surface area contributed by atoms with Gasteiger partial charge in [0, 0.05) is 38.0 Å². The van der Waals surface area contributed by atoms with E-state index in [0.717, 1.165) is 11.4 Å². The highest BCUT2D eigenvalue weighted by Crippen LogP contribution is 2.23. The van der Waals surface area contributed by atoms with Crippen molar-refractivity contribution in [3.63, 3.8) is 0 Å². The van der Waals surface area contributed by atoms with Gasteiger partial charge in [-0.15, -0.1) is 0 Å². The second-order valence-electron chi connectivity index (χ2n) is 5.35. The standard InChI is InChI=1S/C16H16N6OS/c1-10-5-4-8-17-13(10)19-16-20-14(21-24-16)12-7-6-11(9-18-12)15(23)22(2)3/h4-9H,1-3H3,(H,17,19,20,21). The highest BCUT2D eigenvalue weighted by molar-refractivity contribution is 7.09. The van der Waals surface area contributed by atoms with E-state index in [0.29, 0.717) is 22.2 Å². The van der Waals surface area contributed by atoms with Gasteiger partial charge >= 0.3 is 0 Å². The SMILES string of the molecule is Cc1cccnc1Nc1nc(-c2ccc(C(=O)N(C)C)cn2)ns1. The molecule has 0 bridgehead atoms. The molecule has 7 nitrogen and oxygen atoms in total. The lowest BCUT2D eigenvalue weighted by Gasteiger charge is -2.09. The van der Waals surface area contributed by atoms with Crippen molar-refractivity contribution in [2.24, 2.45) is 0 Å². The van der Waals surface area contributed by atoms with Crippen molar-refractivity contribution in [2.45, 2.75) is 6.92 Å². The lowest BCUT2D eigenvalue weighted by Crippen LogP contribution is -2.21. The zero-order valence-corrected chi connectivity index (χ0v) is 14.3. The van der Waals surface area contributed by atoms with Crippen LogP contribution >= 0.6 is 11.5 Å². The van der Waals surface area contributed by atoms with E-state index in [9.17, 15) is 4.79 Å². The smallest absolute Gasteiger partial charge is 0.254 e. The maximum atomic E-state index is 11.9. The van der Waals surface area contributed by atoms with Crippen LogP contribution in [0.5, 0.6) is 0 Å². The van der Waals surface area contributed by atoms with Crippen LogP contribution in [0.25, 0.3) is 11.5 Å². The summed E-state index contributed by atoms with van der Waals surface area (Å²) in [4.78, 5) is 26.4. The molecule has 0 aliphatic heterocycles. The van der Waals surface area contributed by atoms with Crippen LogP contribution in [-0.4, -0.2) is 44.2 Å². The van der Waals surface area contributed by atoms with E-state index in [1.807, 2.05) is 19.1 Å². The number of carbonyl (C=O) groups is 1. The minimum atomic E-state index is -0.0896. The quantitative estimate of drug-likeness (QED) is 0.786. The van der Waals surface area contributed by atoms with Crippen molar-refractivity contribution in [1.29, 1.82) is 0 Å². The van der Waals surface area contributed by atoms with E-state index < -0.39 is 0 Å². The number of amides is 1. The molecular formula is C16H16N6OS. The van der Waals surface area contributed by atoms with Gasteiger partial charge in [-0.1, -0.05) is 6.07 Å². The minimum Gasteiger partial charge on any atom is -0.345 e. The summed E-state index contributed by atoms with van der Waals surface area (Å²) >= 11 is 1.24. The summed E-state index contributed by atoms with van der Waals surface area (Å²) in [5.41, 5.74) is 2.17. The monoisotopic (exact) mass is 340 g/mol. The fourth-order valence-electron chi connectivity index (χ4n) is 2.01. The molecule has 0 aromatic carbocycles. The number of nitrogens with one attached hydrogen (secondary N) is 1. The Hall–Kier alpha value is -2.87. The second-order valence-corrected chi connectivity index (χ2v) is 6.10. The topological polar surface area (TPSA) is 83.9 Å². The number of nitrogens with zero attached hydrogens (tertiary/aromatic N) is 5. The van der Waals surface area contributed by atoms with Gasteiger partial charge in [-0.25, -0.2) is 4.98 Å². The molecule has 3 aromatic rings. The molecule has 0 saturated heterocycles. The highest BCUT2D eigenvalue weighted by Gasteiger charge is 2.12. The minimum absolute atomic E-state index is 0.0896. The van der Waals surface area contributed by atoms with E-state index in [1.54, 1.807) is 32.4 Å². The summed E-state index contributed by atoms with van der Waals surface area (Å²) in [6.45, 7) is 1.97. The molecule has 8 heteroatoms. The Morgan fingerprint density at radius 2 is 2.04 bits per heavy atom. The molecule has 0 radical (unpaired) electrons. The number of pyridine rings is 2. The van der Waals surface area contributed by atoms with Gasteiger partial charge in [0.2, 0.25) is 5.13 Å². The summed E-state index contributed by atoms with van der Waals surface area (Å²) in [6, 6.07) is 7.32. The first-order valence-electron chi connectivity index (χ1n) is 7.25. The predicted molar refractivity (Wildman–Crippen MR) is 93.4 cm³/mol. The van der Waals surface area contributed by atoms with Crippen molar-refractivity contribution < 1.29 is 4.79 Å². The Morgan fingerprint density at radius 1 is 1.21 bits per heavy atom. The molecule has 0 saturated carbocycles. The molecule has 0 unspecified atom stereocenters. The van der Waals surface area contributed by atoms with Crippen molar-refractivity contribution in [3.05, 3.63) is 47.8 Å². The fraction of sp³-hybridized carbons (Fsp3) is 0.188. The van der Waals surface area contributed by atoms with Crippen molar-refractivity contribution in [3.8, 4) is 11.5 Å². The van der Waals surface area contributed by atoms with Crippen LogP contribution in [0.4, 0.5) is 10.9 Å². The van der Waals surface area contributed by atoms with Gasteiger partial charge in [0.05, 0.1) is 5.56 Å². The van der Waals surface area contributed by atoms with Crippen LogP contribution in [0.2, 0.25) is 0 Å². The van der Waals surface area contributed by atoms with Gasteiger partial charge in [0.25, 0.3) is 5.91 Å². The molecule has 24 heavy (non-hydrogen) atoms. The largest absolute Gasteiger partial charge is 0.345 e. The molecule has 3 rings (SSSR count). The first-order valence-corrected chi connectivity index (χ1v) is 8.02. The Labute approximate surface area is 143 Å². The van der Waals surface area contributed by atoms with E-state index in [-0.39, 0.29) is 5.91 Å². The second kappa shape index (κ2) is 6.71. The lowest BCUT2D eigenvalue weighted by molar-refractivity contribution is 0.0827. The van der Waals surface area contributed by atoms with Gasteiger partial charge in [0.15, 0.2) is 5.82 Å². The van der Waals surface area contributed by atoms with Gasteiger partial charge in [-0.05, 0) is 30.7 Å². The maximum absolute atomic E-state index is 11.9. The third-order valence-corrected chi connectivity index (χ3v) is 3.94. The first-order chi connectivity index (χ1) is 11.5. The van der Waals surface area contributed by atoms with E-state index in [4.69, 9.17) is 0 Å². The summed E-state index contributed by atoms with van der Waals surface area (Å²) in [5, 5.41) is 3.79. The van der Waals surface area contributed by atoms with Crippen LogP contribution in [0, 0.1) is 6.92 Å². The molecule has 0 spiro atoms. The zero-order valence-electron chi connectivity index (χ0n) is 13.5. The van der Waals surface area contributed by atoms with Crippen LogP contribution in [0.3, 0.4) is 0 Å². The maximum Gasteiger partial charge on any atom is 0.254 e. The summed E-state index contributed by atoms with van der Waals surface area (Å²) in [7, 11) is 3.41. The Balaban J connectivity index is 1.78. The predicted octanol–water partition coefficient (Wildman–Crippen LogP) is 2.75. The van der Waals surface area contributed by atoms with Gasteiger partial charge in [-0.2, -0.15) is 9.36 Å². The van der Waals surface area contributed by atoms with Gasteiger partial charge in [0.1, 0.15) is 11.5 Å². The number of aromatic nitrogens is 4. The first kappa shape index (κ1) is 16.0. The van der Waals surface area contributed by atoms with Gasteiger partial charge in [-0.3, -0.25) is 9.78 Å². The molecule has 0 fully saturated rings. The number of carbonyl (C=O) groups excluding carboxylic acids is 1. The number of anilines is 2. The van der Waals surface area contributed by atoms with Crippen LogP contribution in [0.15, 0.2) is 36.7 Å². The Kier molecular flexibility index (Phi) is 4.48. The Morgan fingerprint density at radius 3 is 2.71 bits per heavy atom. The number of hydrogen-bond acceptors (Lipinski definition) is 7. The molecule has 0 atom stereocenters. The average Bonchev–Trinajstić information content (AvgIpc) is 3.05. The van der Waals surface area contributed by atoms with Crippen LogP contribution in [0.1, 0.15) is 15.9 Å². The highest BCUT2D eigenvalue weighted by atomic mass is 32.1. The fourth-order valence-corrected chi connectivity index (χ4v) is 2.58. The van der Waals surface area contributed by atoms with E-state index >= 15 is 0 Å². The van der Waals surface area contributed by atoms with Crippen LogP contribution < -0.4 is 5.32 Å². The van der Waals surface area contributed by atoms with E-state index in [2.05, 4.69) is 24.6 Å². The summed E-state index contributed by atoms with van der Waals surface area (Å²) < 4.78 is 4.30. The molecule has 122 valence electrons.